The second-order valence-electron chi connectivity index (χ2n) is 5.66. The van der Waals surface area contributed by atoms with Crippen LogP contribution in [0.25, 0.3) is 10.9 Å². The van der Waals surface area contributed by atoms with Gasteiger partial charge in [0.15, 0.2) is 6.04 Å². The molecule has 1 amide bonds. The van der Waals surface area contributed by atoms with Crippen LogP contribution < -0.4 is 5.56 Å². The third kappa shape index (κ3) is 2.88. The lowest BCUT2D eigenvalue weighted by atomic mass is 10.1. The number of morpholine rings is 1. The van der Waals surface area contributed by atoms with Gasteiger partial charge in [-0.25, -0.2) is 9.78 Å². The Morgan fingerprint density at radius 2 is 2.21 bits per heavy atom. The van der Waals surface area contributed by atoms with E-state index in [4.69, 9.17) is 4.74 Å². The minimum Gasteiger partial charge on any atom is -0.480 e. The number of aryl methyl sites for hydroxylation is 1. The Kier molecular flexibility index (Phi) is 4.30. The van der Waals surface area contributed by atoms with Gasteiger partial charge < -0.3 is 14.7 Å². The van der Waals surface area contributed by atoms with E-state index in [0.29, 0.717) is 10.9 Å². The number of aliphatic carboxylic acids is 1. The van der Waals surface area contributed by atoms with Crippen molar-refractivity contribution in [2.75, 3.05) is 19.8 Å². The van der Waals surface area contributed by atoms with Crippen LogP contribution in [0.2, 0.25) is 0 Å². The van der Waals surface area contributed by atoms with Gasteiger partial charge in [-0.05, 0) is 18.6 Å². The third-order valence-corrected chi connectivity index (χ3v) is 4.09. The number of ether oxygens (including phenoxy) is 1. The summed E-state index contributed by atoms with van der Waals surface area (Å²) in [6.07, 6.45) is 1.33. The van der Waals surface area contributed by atoms with Gasteiger partial charge in [0.05, 0.1) is 30.4 Å². The predicted octanol–water partition coefficient (Wildman–Crippen LogP) is 0.0169. The van der Waals surface area contributed by atoms with Gasteiger partial charge in [0.2, 0.25) is 5.91 Å². The molecule has 24 heavy (non-hydrogen) atoms. The van der Waals surface area contributed by atoms with E-state index in [9.17, 15) is 19.5 Å². The summed E-state index contributed by atoms with van der Waals surface area (Å²) in [4.78, 5) is 41.7. The molecule has 1 aliphatic rings. The van der Waals surface area contributed by atoms with Crippen molar-refractivity contribution in [1.82, 2.24) is 14.5 Å². The minimum atomic E-state index is -1.12. The highest BCUT2D eigenvalue weighted by Crippen LogP contribution is 2.12. The lowest BCUT2D eigenvalue weighted by Gasteiger charge is -2.32. The fourth-order valence-electron chi connectivity index (χ4n) is 2.79. The van der Waals surface area contributed by atoms with Crippen molar-refractivity contribution in [2.45, 2.75) is 19.5 Å². The molecule has 3 rings (SSSR count). The Hall–Kier alpha value is -2.74. The number of aromatic nitrogens is 2. The summed E-state index contributed by atoms with van der Waals surface area (Å²) in [5, 5.41) is 9.63. The maximum absolute atomic E-state index is 12.5. The van der Waals surface area contributed by atoms with Crippen LogP contribution in [0.1, 0.15) is 5.56 Å². The molecule has 0 aliphatic carbocycles. The molecule has 1 aromatic heterocycles. The van der Waals surface area contributed by atoms with Crippen molar-refractivity contribution < 1.29 is 19.4 Å². The number of rotatable bonds is 3. The number of amides is 1. The average Bonchev–Trinajstić information content (AvgIpc) is 2.58. The number of benzene rings is 1. The fraction of sp³-hybridized carbons (Fsp3) is 0.375. The molecule has 0 unspecified atom stereocenters. The maximum Gasteiger partial charge on any atom is 0.328 e. The summed E-state index contributed by atoms with van der Waals surface area (Å²) in [7, 11) is 0. The molecule has 8 heteroatoms. The standard InChI is InChI=1S/C16H17N3O5/c1-10-3-2-4-11-14(10)17-9-18(15(11)21)7-13(20)19-5-6-24-8-12(19)16(22)23/h2-4,9,12H,5-8H2,1H3,(H,22,23)/t12-/m0/s1. The Balaban J connectivity index is 1.89. The van der Waals surface area contributed by atoms with Crippen LogP contribution in [0.3, 0.4) is 0 Å². The van der Waals surface area contributed by atoms with Crippen molar-refractivity contribution >= 4 is 22.8 Å². The molecule has 1 atom stereocenters. The molecule has 1 saturated heterocycles. The number of fused-ring (bicyclic) bond motifs is 1. The highest BCUT2D eigenvalue weighted by atomic mass is 16.5. The van der Waals surface area contributed by atoms with Gasteiger partial charge in [-0.1, -0.05) is 12.1 Å². The Bertz CT molecular complexity index is 860. The molecule has 8 nitrogen and oxygen atoms in total. The second-order valence-corrected chi connectivity index (χ2v) is 5.66. The zero-order valence-corrected chi connectivity index (χ0v) is 13.1. The Morgan fingerprint density at radius 1 is 1.42 bits per heavy atom. The number of nitrogens with zero attached hydrogens (tertiary/aromatic N) is 3. The molecule has 1 N–H and O–H groups in total. The van der Waals surface area contributed by atoms with E-state index in [2.05, 4.69) is 4.98 Å². The van der Waals surface area contributed by atoms with Crippen molar-refractivity contribution in [1.29, 1.82) is 0 Å². The number of carboxylic acids is 1. The van der Waals surface area contributed by atoms with Crippen molar-refractivity contribution in [3.63, 3.8) is 0 Å². The van der Waals surface area contributed by atoms with Crippen LogP contribution in [-0.4, -0.2) is 57.2 Å². The number of carbonyl (C=O) groups is 2. The monoisotopic (exact) mass is 331 g/mol. The van der Waals surface area contributed by atoms with Crippen molar-refractivity contribution in [3.8, 4) is 0 Å². The Morgan fingerprint density at radius 3 is 2.96 bits per heavy atom. The largest absolute Gasteiger partial charge is 0.480 e. The topological polar surface area (TPSA) is 102 Å². The van der Waals surface area contributed by atoms with Crippen LogP contribution in [0.15, 0.2) is 29.3 Å². The molecule has 0 spiro atoms. The molecular weight excluding hydrogens is 314 g/mol. The van der Waals surface area contributed by atoms with Gasteiger partial charge in [-0.3, -0.25) is 14.2 Å². The molecule has 1 aliphatic heterocycles. The first-order valence-electron chi connectivity index (χ1n) is 7.54. The summed E-state index contributed by atoms with van der Waals surface area (Å²) in [5.41, 5.74) is 1.15. The second kappa shape index (κ2) is 6.40. The van der Waals surface area contributed by atoms with Crippen LogP contribution in [0.5, 0.6) is 0 Å². The third-order valence-electron chi connectivity index (χ3n) is 4.09. The highest BCUT2D eigenvalue weighted by molar-refractivity contribution is 5.84. The van der Waals surface area contributed by atoms with E-state index in [-0.39, 0.29) is 31.9 Å². The average molecular weight is 331 g/mol. The van der Waals surface area contributed by atoms with Crippen LogP contribution in [0.4, 0.5) is 0 Å². The Labute approximate surface area is 137 Å². The summed E-state index contributed by atoms with van der Waals surface area (Å²) in [6.45, 7) is 2.02. The van der Waals surface area contributed by atoms with E-state index in [0.717, 1.165) is 5.56 Å². The molecule has 0 radical (unpaired) electrons. The van der Waals surface area contributed by atoms with Crippen molar-refractivity contribution in [3.05, 3.63) is 40.4 Å². The van der Waals surface area contributed by atoms with Gasteiger partial charge in [0, 0.05) is 6.54 Å². The van der Waals surface area contributed by atoms with Gasteiger partial charge in [0.25, 0.3) is 5.56 Å². The molecule has 1 aromatic carbocycles. The van der Waals surface area contributed by atoms with Gasteiger partial charge in [0.1, 0.15) is 6.54 Å². The molecule has 2 aromatic rings. The zero-order chi connectivity index (χ0) is 17.3. The van der Waals surface area contributed by atoms with Crippen LogP contribution in [0, 0.1) is 6.92 Å². The molecular formula is C16H17N3O5. The number of para-hydroxylation sites is 1. The molecule has 126 valence electrons. The molecule has 0 saturated carbocycles. The van der Waals surface area contributed by atoms with Gasteiger partial charge >= 0.3 is 5.97 Å². The number of hydrogen-bond acceptors (Lipinski definition) is 5. The molecule has 0 bridgehead atoms. The van der Waals surface area contributed by atoms with E-state index < -0.39 is 17.9 Å². The van der Waals surface area contributed by atoms with E-state index >= 15 is 0 Å². The number of carbonyl (C=O) groups excluding carboxylic acids is 1. The highest BCUT2D eigenvalue weighted by Gasteiger charge is 2.32. The summed E-state index contributed by atoms with van der Waals surface area (Å²) in [5.74, 6) is -1.57. The minimum absolute atomic E-state index is 0.0505. The normalized spacial score (nSPS) is 17.9. The molecule has 1 fully saturated rings. The van der Waals surface area contributed by atoms with Gasteiger partial charge in [-0.2, -0.15) is 0 Å². The predicted molar refractivity (Wildman–Crippen MR) is 84.7 cm³/mol. The summed E-state index contributed by atoms with van der Waals surface area (Å²) >= 11 is 0. The van der Waals surface area contributed by atoms with E-state index in [1.807, 2.05) is 13.0 Å². The smallest absolute Gasteiger partial charge is 0.328 e. The maximum atomic E-state index is 12.5. The lowest BCUT2D eigenvalue weighted by molar-refractivity contribution is -0.158. The van der Waals surface area contributed by atoms with Crippen LogP contribution >= 0.6 is 0 Å². The SMILES string of the molecule is Cc1cccc2c(=O)n(CC(=O)N3CCOC[C@H]3C(=O)O)cnc12. The first kappa shape index (κ1) is 16.1. The fourth-order valence-corrected chi connectivity index (χ4v) is 2.79. The van der Waals surface area contributed by atoms with Gasteiger partial charge in [-0.15, -0.1) is 0 Å². The summed E-state index contributed by atoms with van der Waals surface area (Å²) in [6, 6.07) is 4.25. The first-order valence-corrected chi connectivity index (χ1v) is 7.54. The zero-order valence-electron chi connectivity index (χ0n) is 13.1. The van der Waals surface area contributed by atoms with E-state index in [1.54, 1.807) is 12.1 Å². The lowest BCUT2D eigenvalue weighted by Crippen LogP contribution is -2.53. The van der Waals surface area contributed by atoms with E-state index in [1.165, 1.54) is 15.8 Å². The first-order chi connectivity index (χ1) is 11.5. The van der Waals surface area contributed by atoms with Crippen LogP contribution in [-0.2, 0) is 20.9 Å². The number of carboxylic acid groups (broad SMARTS) is 1. The summed E-state index contributed by atoms with van der Waals surface area (Å²) < 4.78 is 6.32. The quantitative estimate of drug-likeness (QED) is 0.850. The number of hydrogen-bond donors (Lipinski definition) is 1. The molecule has 2 heterocycles. The van der Waals surface area contributed by atoms with Crippen molar-refractivity contribution in [2.24, 2.45) is 0 Å².